The smallest absolute Gasteiger partial charge is 0.267 e. The Kier molecular flexibility index (Phi) is 4.35. The summed E-state index contributed by atoms with van der Waals surface area (Å²) in [6, 6.07) is 8.23. The first-order valence-electron chi connectivity index (χ1n) is 7.62. The second kappa shape index (κ2) is 6.28. The van der Waals surface area contributed by atoms with Crippen LogP contribution >= 0.6 is 15.9 Å². The molecule has 2 aromatic rings. The van der Waals surface area contributed by atoms with E-state index >= 15 is 0 Å². The molecule has 1 N–H and O–H groups in total. The molecule has 0 saturated heterocycles. The van der Waals surface area contributed by atoms with Crippen molar-refractivity contribution in [3.05, 3.63) is 56.4 Å². The van der Waals surface area contributed by atoms with Gasteiger partial charge in [-0.1, -0.05) is 15.9 Å². The highest BCUT2D eigenvalue weighted by molar-refractivity contribution is 9.10. The van der Waals surface area contributed by atoms with Crippen molar-refractivity contribution in [2.45, 2.75) is 38.6 Å². The Hall–Kier alpha value is -1.95. The Balaban J connectivity index is 1.82. The fourth-order valence-corrected chi connectivity index (χ4v) is 2.91. The molecule has 1 aliphatic carbocycles. The number of carbonyl (C=O) groups excluding carboxylic acids is 1. The number of anilines is 1. The Morgan fingerprint density at radius 1 is 1.35 bits per heavy atom. The molecule has 5 nitrogen and oxygen atoms in total. The second-order valence-corrected chi connectivity index (χ2v) is 6.86. The molecule has 23 heavy (non-hydrogen) atoms. The minimum absolute atomic E-state index is 0.252. The number of benzene rings is 1. The van der Waals surface area contributed by atoms with Crippen molar-refractivity contribution in [1.82, 2.24) is 9.78 Å². The van der Waals surface area contributed by atoms with Gasteiger partial charge in [-0.2, -0.15) is 5.10 Å². The van der Waals surface area contributed by atoms with Crippen LogP contribution in [-0.2, 0) is 4.79 Å². The Labute approximate surface area is 142 Å². The standard InChI is InChI=1S/C17H18BrN3O2/c1-10-9-13(18)5-6-14(10)19-17(23)11(2)21-16(22)8-7-15(20-21)12-3-4-12/h5-9,11-12H,3-4H2,1-2H3,(H,19,23). The second-order valence-electron chi connectivity index (χ2n) is 5.94. The number of aromatic nitrogens is 2. The van der Waals surface area contributed by atoms with Gasteiger partial charge in [-0.15, -0.1) is 0 Å². The highest BCUT2D eigenvalue weighted by Crippen LogP contribution is 2.38. The molecule has 0 bridgehead atoms. The van der Waals surface area contributed by atoms with E-state index in [1.807, 2.05) is 25.1 Å². The van der Waals surface area contributed by atoms with Crippen LogP contribution in [0.1, 0.15) is 43.0 Å². The van der Waals surface area contributed by atoms with Crippen molar-refractivity contribution in [2.24, 2.45) is 0 Å². The van der Waals surface area contributed by atoms with E-state index in [1.165, 1.54) is 10.7 Å². The van der Waals surface area contributed by atoms with Gasteiger partial charge in [-0.3, -0.25) is 9.59 Å². The molecule has 120 valence electrons. The van der Waals surface area contributed by atoms with Gasteiger partial charge in [0.25, 0.3) is 5.56 Å². The van der Waals surface area contributed by atoms with Gasteiger partial charge in [-0.25, -0.2) is 4.68 Å². The van der Waals surface area contributed by atoms with E-state index < -0.39 is 6.04 Å². The van der Waals surface area contributed by atoms with Gasteiger partial charge in [0.15, 0.2) is 0 Å². The van der Waals surface area contributed by atoms with Gasteiger partial charge in [0.05, 0.1) is 5.69 Å². The molecule has 1 aromatic carbocycles. The van der Waals surface area contributed by atoms with E-state index in [0.29, 0.717) is 5.92 Å². The summed E-state index contributed by atoms with van der Waals surface area (Å²) in [6.07, 6.45) is 2.20. The van der Waals surface area contributed by atoms with E-state index in [9.17, 15) is 9.59 Å². The quantitative estimate of drug-likeness (QED) is 0.890. The average Bonchev–Trinajstić information content (AvgIpc) is 3.34. The zero-order valence-electron chi connectivity index (χ0n) is 13.0. The molecule has 1 atom stereocenters. The Bertz CT molecular complexity index is 812. The first kappa shape index (κ1) is 15.9. The van der Waals surface area contributed by atoms with Gasteiger partial charge in [-0.05, 0) is 56.5 Å². The fraction of sp³-hybridized carbons (Fsp3) is 0.353. The fourth-order valence-electron chi connectivity index (χ4n) is 2.43. The molecule has 1 heterocycles. The van der Waals surface area contributed by atoms with Crippen LogP contribution in [0.2, 0.25) is 0 Å². The largest absolute Gasteiger partial charge is 0.324 e. The summed E-state index contributed by atoms with van der Waals surface area (Å²) in [5.41, 5.74) is 2.32. The molecule has 3 rings (SSSR count). The maximum atomic E-state index is 12.5. The Morgan fingerprint density at radius 3 is 2.74 bits per heavy atom. The van der Waals surface area contributed by atoms with E-state index in [0.717, 1.165) is 34.3 Å². The molecule has 1 aromatic heterocycles. The van der Waals surface area contributed by atoms with E-state index in [4.69, 9.17) is 0 Å². The third kappa shape index (κ3) is 3.52. The maximum Gasteiger partial charge on any atom is 0.267 e. The summed E-state index contributed by atoms with van der Waals surface area (Å²) in [5.74, 6) is 0.184. The zero-order valence-corrected chi connectivity index (χ0v) is 14.6. The minimum Gasteiger partial charge on any atom is -0.324 e. The predicted molar refractivity (Wildman–Crippen MR) is 92.7 cm³/mol. The first-order chi connectivity index (χ1) is 11.0. The first-order valence-corrected chi connectivity index (χ1v) is 8.42. The zero-order chi connectivity index (χ0) is 16.6. The normalized spacial score (nSPS) is 15.3. The summed E-state index contributed by atoms with van der Waals surface area (Å²) < 4.78 is 2.23. The lowest BCUT2D eigenvalue weighted by molar-refractivity contribution is -0.119. The number of hydrogen-bond donors (Lipinski definition) is 1. The molecule has 1 unspecified atom stereocenters. The molecule has 1 amide bonds. The van der Waals surface area contributed by atoms with E-state index in [-0.39, 0.29) is 11.5 Å². The molecule has 1 saturated carbocycles. The molecule has 0 spiro atoms. The van der Waals surface area contributed by atoms with Crippen molar-refractivity contribution in [3.63, 3.8) is 0 Å². The number of nitrogens with zero attached hydrogens (tertiary/aromatic N) is 2. The molecule has 0 aliphatic heterocycles. The van der Waals surface area contributed by atoms with Gasteiger partial charge in [0.1, 0.15) is 6.04 Å². The lowest BCUT2D eigenvalue weighted by Gasteiger charge is -2.16. The van der Waals surface area contributed by atoms with Crippen LogP contribution in [0, 0.1) is 6.92 Å². The van der Waals surface area contributed by atoms with Crippen molar-refractivity contribution in [3.8, 4) is 0 Å². The topological polar surface area (TPSA) is 64.0 Å². The van der Waals surface area contributed by atoms with Crippen LogP contribution in [-0.4, -0.2) is 15.7 Å². The minimum atomic E-state index is -0.663. The lowest BCUT2D eigenvalue weighted by Crippen LogP contribution is -2.33. The summed E-state index contributed by atoms with van der Waals surface area (Å²) in [7, 11) is 0. The van der Waals surface area contributed by atoms with Crippen LogP contribution in [0.15, 0.2) is 39.6 Å². The summed E-state index contributed by atoms with van der Waals surface area (Å²) in [5, 5.41) is 7.24. The number of amides is 1. The van der Waals surface area contributed by atoms with Gasteiger partial charge in [0.2, 0.25) is 5.91 Å². The SMILES string of the molecule is Cc1cc(Br)ccc1NC(=O)C(C)n1nc(C2CC2)ccc1=O. The van der Waals surface area contributed by atoms with Crippen LogP contribution in [0.5, 0.6) is 0 Å². The monoisotopic (exact) mass is 375 g/mol. The predicted octanol–water partition coefficient (Wildman–Crippen LogP) is 3.39. The summed E-state index contributed by atoms with van der Waals surface area (Å²) in [6.45, 7) is 3.61. The summed E-state index contributed by atoms with van der Waals surface area (Å²) >= 11 is 3.40. The van der Waals surface area contributed by atoms with Gasteiger partial charge < -0.3 is 5.32 Å². The van der Waals surface area contributed by atoms with Gasteiger partial charge >= 0.3 is 0 Å². The number of hydrogen-bond acceptors (Lipinski definition) is 3. The molecule has 0 radical (unpaired) electrons. The molecular formula is C17H18BrN3O2. The number of carbonyl (C=O) groups is 1. The van der Waals surface area contributed by atoms with Crippen molar-refractivity contribution < 1.29 is 4.79 Å². The average molecular weight is 376 g/mol. The van der Waals surface area contributed by atoms with Gasteiger partial charge in [0, 0.05) is 22.1 Å². The molecule has 6 heteroatoms. The number of aryl methyl sites for hydroxylation is 1. The van der Waals surface area contributed by atoms with E-state index in [1.54, 1.807) is 13.0 Å². The van der Waals surface area contributed by atoms with Crippen LogP contribution in [0.25, 0.3) is 0 Å². The molecular weight excluding hydrogens is 358 g/mol. The maximum absolute atomic E-state index is 12.5. The highest BCUT2D eigenvalue weighted by Gasteiger charge is 2.27. The summed E-state index contributed by atoms with van der Waals surface area (Å²) in [4.78, 5) is 24.5. The number of rotatable bonds is 4. The van der Waals surface area contributed by atoms with Crippen LogP contribution in [0.3, 0.4) is 0 Å². The van der Waals surface area contributed by atoms with Crippen molar-refractivity contribution in [2.75, 3.05) is 5.32 Å². The van der Waals surface area contributed by atoms with Crippen LogP contribution in [0.4, 0.5) is 5.69 Å². The van der Waals surface area contributed by atoms with E-state index in [2.05, 4.69) is 26.3 Å². The third-order valence-electron chi connectivity index (χ3n) is 4.03. The van der Waals surface area contributed by atoms with Crippen molar-refractivity contribution >= 4 is 27.5 Å². The number of halogens is 1. The third-order valence-corrected chi connectivity index (χ3v) is 4.53. The lowest BCUT2D eigenvalue weighted by atomic mass is 10.2. The van der Waals surface area contributed by atoms with Crippen molar-refractivity contribution in [1.29, 1.82) is 0 Å². The molecule has 1 aliphatic rings. The highest BCUT2D eigenvalue weighted by atomic mass is 79.9. The van der Waals surface area contributed by atoms with Crippen LogP contribution < -0.4 is 10.9 Å². The Morgan fingerprint density at radius 2 is 2.09 bits per heavy atom. The molecule has 1 fully saturated rings. The number of nitrogens with one attached hydrogen (secondary N) is 1.